The van der Waals surface area contributed by atoms with Crippen molar-refractivity contribution in [3.05, 3.63) is 130 Å². The number of aromatic nitrogens is 2. The lowest BCUT2D eigenvalue weighted by Crippen LogP contribution is -2.64. The highest BCUT2D eigenvalue weighted by molar-refractivity contribution is 6.66. The summed E-state index contributed by atoms with van der Waals surface area (Å²) < 4.78 is 20.3. The highest BCUT2D eigenvalue weighted by Crippen LogP contribution is 2.44. The van der Waals surface area contributed by atoms with E-state index in [2.05, 4.69) is 119 Å². The molecular weight excluding hydrogens is 1040 g/mol. The molecule has 2 aromatic heterocycles. The van der Waals surface area contributed by atoms with Crippen LogP contribution in [0.1, 0.15) is 267 Å². The Morgan fingerprint density at radius 2 is 0.530 bits per heavy atom. The third-order valence-corrected chi connectivity index (χ3v) is 21.0. The summed E-state index contributed by atoms with van der Waals surface area (Å²) in [5.74, 6) is 3.89. The third-order valence-electron chi connectivity index (χ3n) is 17.9. The Labute approximate surface area is 498 Å². The first-order valence-electron chi connectivity index (χ1n) is 33.7. The molecule has 0 radical (unpaired) electrons. The molecule has 4 aliphatic heterocycles. The molecule has 0 amide bonds. The molecule has 6 heterocycles. The maximum Gasteiger partial charge on any atom is 0.603 e. The Kier molecular flexibility index (Phi) is 23.4. The number of amidine groups is 4. The monoisotopic (exact) mass is 1130 g/mol. The van der Waals surface area contributed by atoms with Gasteiger partial charge in [0.25, 0.3) is 0 Å². The van der Waals surface area contributed by atoms with Gasteiger partial charge in [0.05, 0.1) is 0 Å². The lowest BCUT2D eigenvalue weighted by Gasteiger charge is -2.33. The zero-order valence-electron chi connectivity index (χ0n) is 51.0. The van der Waals surface area contributed by atoms with Crippen LogP contribution in [0.2, 0.25) is 0 Å². The van der Waals surface area contributed by atoms with Crippen molar-refractivity contribution in [3.63, 3.8) is 0 Å². The van der Waals surface area contributed by atoms with Crippen LogP contribution >= 0.6 is 0 Å². The first kappa shape index (κ1) is 60.5. The van der Waals surface area contributed by atoms with Gasteiger partial charge in [-0.2, -0.15) is 0 Å². The molecule has 0 N–H and O–H groups in total. The lowest BCUT2D eigenvalue weighted by atomic mass is 10.0. The molecule has 6 bridgehead atoms. The minimum atomic E-state index is -4.11. The second kappa shape index (κ2) is 32.0. The van der Waals surface area contributed by atoms with Crippen LogP contribution < -0.4 is 11.0 Å². The van der Waals surface area contributed by atoms with Crippen molar-refractivity contribution in [1.29, 1.82) is 0 Å². The van der Waals surface area contributed by atoms with Crippen molar-refractivity contribution in [2.24, 2.45) is 30.0 Å². The first-order chi connectivity index (χ1) is 41.2. The Bertz CT molecular complexity index is 3080. The molecule has 0 aliphatic carbocycles. The van der Waals surface area contributed by atoms with E-state index < -0.39 is 8.88 Å². The first-order valence-corrected chi connectivity index (χ1v) is 35.4. The summed E-state index contributed by atoms with van der Waals surface area (Å²) >= 11 is 0. The van der Waals surface area contributed by atoms with Crippen molar-refractivity contribution in [2.75, 3.05) is 13.2 Å². The molecule has 4 aliphatic rings. The van der Waals surface area contributed by atoms with Crippen LogP contribution in [0, 0.1) is 0 Å². The molecule has 10 nitrogen and oxygen atoms in total. The van der Waals surface area contributed by atoms with Crippen LogP contribution in [-0.2, 0) is 8.85 Å². The molecule has 0 fully saturated rings. The van der Waals surface area contributed by atoms with Gasteiger partial charge in [0.2, 0.25) is 0 Å². The molecule has 10 rings (SSSR count). The SMILES string of the molecule is CCCCCCCCCCCCCCCCCCCCO[Si]1(OCCCCCCCCCCCCCCCCCCCC)n2c3c4ccccc4c2N=C2N=C(N=c4c5ccccc5c(n41)=NC1=NC(=N3)c3ccccc31)c1ccccc12. The van der Waals surface area contributed by atoms with E-state index in [-0.39, 0.29) is 0 Å². The number of aliphatic imine (C=N–C) groups is 4. The van der Waals surface area contributed by atoms with Crippen molar-refractivity contribution in [3.8, 4) is 0 Å². The van der Waals surface area contributed by atoms with Crippen molar-refractivity contribution in [1.82, 2.24) is 8.47 Å². The Balaban J connectivity index is 0.900. The zero-order valence-corrected chi connectivity index (χ0v) is 52.0. The summed E-state index contributed by atoms with van der Waals surface area (Å²) in [5.41, 5.74) is 5.20. The number of unbranched alkanes of at least 4 members (excludes halogenated alkanes) is 34. The van der Waals surface area contributed by atoms with E-state index in [1.54, 1.807) is 0 Å². The summed E-state index contributed by atoms with van der Waals surface area (Å²) in [5, 5.41) is 3.81. The van der Waals surface area contributed by atoms with Crippen LogP contribution in [-0.4, -0.2) is 53.9 Å². The predicted octanol–water partition coefficient (Wildman–Crippen LogP) is 19.5. The molecule has 4 aromatic carbocycles. The van der Waals surface area contributed by atoms with Gasteiger partial charge in [-0.3, -0.25) is 8.47 Å². The predicted molar refractivity (Wildman–Crippen MR) is 351 cm³/mol. The zero-order chi connectivity index (χ0) is 56.7. The molecule has 442 valence electrons. The van der Waals surface area contributed by atoms with E-state index in [1.165, 1.54) is 205 Å². The van der Waals surface area contributed by atoms with E-state index in [0.29, 0.717) is 59.2 Å². The Morgan fingerprint density at radius 1 is 0.277 bits per heavy atom. The molecule has 0 unspecified atom stereocenters. The second-order valence-electron chi connectivity index (χ2n) is 24.4. The normalized spacial score (nSPS) is 14.5. The van der Waals surface area contributed by atoms with E-state index in [1.807, 2.05) is 0 Å². The number of rotatable bonds is 40. The standard InChI is InChI=1S/C72H98N8O2Si/c1-3-5-7-9-11-13-15-17-19-21-23-25-27-29-31-33-35-45-55-81-83(82-56-46-36-34-32-30-28-26-24-22-20-18-16-14-12-10-8-6-4-2)79-69-61-51-41-42-52-62(61)71(79)77-67-59-49-39-40-50-60(59)68(74-67)78-72-64-54-44-43-53-63(64)70(80(72)83)76-66-58-48-38-37-47-57(58)65(73-66)75-69/h37-44,47-54H,3-36,45-46,55-56H2,1-2H3. The smallest absolute Gasteiger partial charge is 0.361 e. The minimum Gasteiger partial charge on any atom is -0.361 e. The van der Waals surface area contributed by atoms with Crippen molar-refractivity contribution in [2.45, 2.75) is 245 Å². The third kappa shape index (κ3) is 15.3. The van der Waals surface area contributed by atoms with E-state index in [9.17, 15) is 0 Å². The molecule has 0 atom stereocenters. The molecule has 83 heavy (non-hydrogen) atoms. The van der Waals surface area contributed by atoms with Crippen LogP contribution in [0.3, 0.4) is 0 Å². The molecule has 11 heteroatoms. The van der Waals surface area contributed by atoms with Crippen LogP contribution in [0.4, 0.5) is 11.6 Å². The number of hydrogen-bond acceptors (Lipinski definition) is 8. The highest BCUT2D eigenvalue weighted by atomic mass is 28.4. The number of fused-ring (bicyclic) bond motifs is 14. The lowest BCUT2D eigenvalue weighted by molar-refractivity contribution is 0.142. The average molecular weight is 1140 g/mol. The van der Waals surface area contributed by atoms with E-state index in [4.69, 9.17) is 38.8 Å². The van der Waals surface area contributed by atoms with Gasteiger partial charge >= 0.3 is 8.88 Å². The molecular formula is C72H98N8O2Si. The van der Waals surface area contributed by atoms with Gasteiger partial charge < -0.3 is 8.85 Å². The fourth-order valence-electron chi connectivity index (χ4n) is 13.2. The number of benzene rings is 4. The molecule has 0 spiro atoms. The Hall–Kier alpha value is -5.62. The number of nitrogens with zero attached hydrogens (tertiary/aromatic N) is 8. The van der Waals surface area contributed by atoms with Gasteiger partial charge in [0, 0.05) is 57.0 Å². The van der Waals surface area contributed by atoms with Gasteiger partial charge in [0.1, 0.15) is 22.6 Å². The topological polar surface area (TPSA) is 102 Å². The Morgan fingerprint density at radius 3 is 0.831 bits per heavy atom. The maximum absolute atomic E-state index is 7.87. The molecule has 6 aromatic rings. The van der Waals surface area contributed by atoms with Crippen molar-refractivity contribution < 1.29 is 8.85 Å². The van der Waals surface area contributed by atoms with E-state index in [0.717, 1.165) is 69.5 Å². The van der Waals surface area contributed by atoms with Gasteiger partial charge in [-0.1, -0.05) is 329 Å². The van der Waals surface area contributed by atoms with Crippen LogP contribution in [0.5, 0.6) is 0 Å². The average Bonchev–Trinajstić information content (AvgIpc) is 2.14. The van der Waals surface area contributed by atoms with Gasteiger partial charge in [-0.15, -0.1) is 0 Å². The number of hydrogen-bond donors (Lipinski definition) is 0. The largest absolute Gasteiger partial charge is 0.603 e. The van der Waals surface area contributed by atoms with Gasteiger partial charge in [-0.05, 0) is 12.8 Å². The van der Waals surface area contributed by atoms with Gasteiger partial charge in [-0.25, -0.2) is 30.0 Å². The molecule has 0 saturated heterocycles. The van der Waals surface area contributed by atoms with Crippen LogP contribution in [0.25, 0.3) is 21.5 Å². The fourth-order valence-corrected chi connectivity index (χ4v) is 16.5. The molecule has 0 saturated carbocycles. The van der Waals surface area contributed by atoms with Crippen LogP contribution in [0.15, 0.2) is 127 Å². The highest BCUT2D eigenvalue weighted by Gasteiger charge is 2.53. The maximum atomic E-state index is 7.87. The summed E-state index contributed by atoms with van der Waals surface area (Å²) in [4.78, 5) is 33.2. The second-order valence-corrected chi connectivity index (χ2v) is 26.9. The van der Waals surface area contributed by atoms with Gasteiger partial charge in [0.15, 0.2) is 23.3 Å². The summed E-state index contributed by atoms with van der Waals surface area (Å²) in [6, 6.07) is 33.8. The summed E-state index contributed by atoms with van der Waals surface area (Å²) in [7, 11) is -4.11. The summed E-state index contributed by atoms with van der Waals surface area (Å²) in [6.45, 7) is 5.61. The quantitative estimate of drug-likeness (QED) is 0.0283. The minimum absolute atomic E-state index is 0.500. The van der Waals surface area contributed by atoms with Crippen molar-refractivity contribution >= 4 is 65.4 Å². The fraction of sp³-hybridized carbons (Fsp3) is 0.556. The summed E-state index contributed by atoms with van der Waals surface area (Å²) in [6.07, 6.45) is 47.7. The van der Waals surface area contributed by atoms with E-state index >= 15 is 0 Å².